The summed E-state index contributed by atoms with van der Waals surface area (Å²) in [5.74, 6) is -0.229. The van der Waals surface area contributed by atoms with Crippen molar-refractivity contribution in [2.75, 3.05) is 13.1 Å². The van der Waals surface area contributed by atoms with Gasteiger partial charge in [-0.05, 0) is 12.8 Å². The Morgan fingerprint density at radius 2 is 2.06 bits per heavy atom. The smallest absolute Gasteiger partial charge is 0.244 e. The van der Waals surface area contributed by atoms with Crippen molar-refractivity contribution in [2.24, 2.45) is 5.92 Å². The van der Waals surface area contributed by atoms with Crippen LogP contribution in [0.2, 0.25) is 0 Å². The van der Waals surface area contributed by atoms with Crippen LogP contribution >= 0.6 is 0 Å². The largest absolute Gasteiger partial charge is 0.355 e. The summed E-state index contributed by atoms with van der Waals surface area (Å²) >= 11 is 0. The highest BCUT2D eigenvalue weighted by atomic mass is 16.2. The average molecular weight is 225 g/mol. The van der Waals surface area contributed by atoms with Crippen molar-refractivity contribution in [3.63, 3.8) is 0 Å². The van der Waals surface area contributed by atoms with E-state index in [1.165, 1.54) is 0 Å². The average Bonchev–Trinajstić information content (AvgIpc) is 3.01. The van der Waals surface area contributed by atoms with E-state index >= 15 is 0 Å². The maximum absolute atomic E-state index is 11.2. The summed E-state index contributed by atoms with van der Waals surface area (Å²) in [5, 5.41) is 7.92. The van der Waals surface area contributed by atoms with E-state index < -0.39 is 6.04 Å². The molecule has 2 aliphatic rings. The lowest BCUT2D eigenvalue weighted by Crippen LogP contribution is -2.41. The molecule has 1 saturated carbocycles. The molecule has 6 heteroatoms. The van der Waals surface area contributed by atoms with Crippen LogP contribution in [0.15, 0.2) is 0 Å². The van der Waals surface area contributed by atoms with Gasteiger partial charge in [0, 0.05) is 19.0 Å². The Balaban J connectivity index is 1.59. The van der Waals surface area contributed by atoms with Crippen LogP contribution in [0.25, 0.3) is 0 Å². The lowest BCUT2D eigenvalue weighted by molar-refractivity contribution is -0.125. The molecular weight excluding hydrogens is 210 g/mol. The predicted octanol–water partition coefficient (Wildman–Crippen LogP) is -1.48. The molecule has 3 amide bonds. The molecule has 0 aromatic heterocycles. The van der Waals surface area contributed by atoms with E-state index in [0.29, 0.717) is 13.1 Å². The molecule has 1 unspecified atom stereocenters. The normalized spacial score (nSPS) is 24.4. The van der Waals surface area contributed by atoms with Crippen LogP contribution in [0.1, 0.15) is 19.3 Å². The zero-order valence-electron chi connectivity index (χ0n) is 8.91. The van der Waals surface area contributed by atoms with Crippen LogP contribution in [-0.4, -0.2) is 36.9 Å². The summed E-state index contributed by atoms with van der Waals surface area (Å²) in [4.78, 5) is 33.3. The Hall–Kier alpha value is -1.43. The third-order valence-corrected chi connectivity index (χ3v) is 2.73. The van der Waals surface area contributed by atoms with Gasteiger partial charge in [0.05, 0.1) is 12.5 Å². The minimum atomic E-state index is -0.440. The Morgan fingerprint density at radius 1 is 1.31 bits per heavy atom. The van der Waals surface area contributed by atoms with E-state index in [0.717, 1.165) is 12.8 Å². The van der Waals surface area contributed by atoms with Gasteiger partial charge in [-0.1, -0.05) is 0 Å². The standard InChI is InChI=1S/C10H15N3O3/c14-8-5-7(10(16)13-8)11-3-4-12-9(15)6-1-2-6/h6-7,11H,1-5H2,(H,12,15)(H,13,14,16). The number of imide groups is 1. The molecule has 0 aromatic carbocycles. The fourth-order valence-electron chi connectivity index (χ4n) is 1.64. The van der Waals surface area contributed by atoms with Crippen LogP contribution in [0, 0.1) is 5.92 Å². The number of amides is 3. The van der Waals surface area contributed by atoms with Crippen LogP contribution in [-0.2, 0) is 14.4 Å². The van der Waals surface area contributed by atoms with Crippen molar-refractivity contribution in [3.05, 3.63) is 0 Å². The molecule has 1 saturated heterocycles. The van der Waals surface area contributed by atoms with Gasteiger partial charge in [0.25, 0.3) is 0 Å². The van der Waals surface area contributed by atoms with Gasteiger partial charge in [-0.15, -0.1) is 0 Å². The molecule has 1 atom stereocenters. The highest BCUT2D eigenvalue weighted by Gasteiger charge is 2.30. The molecule has 88 valence electrons. The summed E-state index contributed by atoms with van der Waals surface area (Å²) in [6.07, 6.45) is 2.16. The van der Waals surface area contributed by atoms with Gasteiger partial charge in [0.2, 0.25) is 17.7 Å². The number of hydrogen-bond donors (Lipinski definition) is 3. The first kappa shape index (κ1) is 11.1. The van der Waals surface area contributed by atoms with Crippen LogP contribution < -0.4 is 16.0 Å². The monoisotopic (exact) mass is 225 g/mol. The minimum Gasteiger partial charge on any atom is -0.355 e. The first-order chi connectivity index (χ1) is 7.66. The van der Waals surface area contributed by atoms with Crippen LogP contribution in [0.4, 0.5) is 0 Å². The zero-order chi connectivity index (χ0) is 11.5. The maximum Gasteiger partial charge on any atom is 0.244 e. The molecule has 0 radical (unpaired) electrons. The Labute approximate surface area is 93.1 Å². The van der Waals surface area contributed by atoms with Crippen molar-refractivity contribution >= 4 is 17.7 Å². The van der Waals surface area contributed by atoms with Gasteiger partial charge in [-0.25, -0.2) is 0 Å². The van der Waals surface area contributed by atoms with E-state index in [-0.39, 0.29) is 30.1 Å². The van der Waals surface area contributed by atoms with E-state index in [1.54, 1.807) is 0 Å². The highest BCUT2D eigenvalue weighted by Crippen LogP contribution is 2.28. The van der Waals surface area contributed by atoms with Gasteiger partial charge in [-0.3, -0.25) is 19.7 Å². The molecule has 1 aliphatic heterocycles. The zero-order valence-corrected chi connectivity index (χ0v) is 8.91. The number of carbonyl (C=O) groups excluding carboxylic acids is 3. The molecule has 1 aliphatic carbocycles. The van der Waals surface area contributed by atoms with E-state index in [9.17, 15) is 14.4 Å². The summed E-state index contributed by atoms with van der Waals surface area (Å²) in [5.41, 5.74) is 0. The van der Waals surface area contributed by atoms with Crippen molar-refractivity contribution < 1.29 is 14.4 Å². The molecular formula is C10H15N3O3. The van der Waals surface area contributed by atoms with Crippen molar-refractivity contribution in [1.82, 2.24) is 16.0 Å². The number of nitrogens with one attached hydrogen (secondary N) is 3. The quantitative estimate of drug-likeness (QED) is 0.393. The molecule has 0 bridgehead atoms. The molecule has 2 fully saturated rings. The maximum atomic E-state index is 11.2. The number of hydrogen-bond acceptors (Lipinski definition) is 4. The van der Waals surface area contributed by atoms with Crippen LogP contribution in [0.3, 0.4) is 0 Å². The SMILES string of the molecule is O=C1CC(NCCNC(=O)C2CC2)C(=O)N1. The Morgan fingerprint density at radius 3 is 2.62 bits per heavy atom. The first-order valence-electron chi connectivity index (χ1n) is 5.51. The van der Waals surface area contributed by atoms with Gasteiger partial charge in [0.1, 0.15) is 0 Å². The molecule has 0 spiro atoms. The molecule has 2 rings (SSSR count). The number of rotatable bonds is 5. The summed E-state index contributed by atoms with van der Waals surface area (Å²) in [6, 6.07) is -0.440. The van der Waals surface area contributed by atoms with Gasteiger partial charge >= 0.3 is 0 Å². The second-order valence-electron chi connectivity index (χ2n) is 4.19. The van der Waals surface area contributed by atoms with Crippen LogP contribution in [0.5, 0.6) is 0 Å². The molecule has 3 N–H and O–H groups in total. The van der Waals surface area contributed by atoms with Crippen molar-refractivity contribution in [2.45, 2.75) is 25.3 Å². The van der Waals surface area contributed by atoms with E-state index in [1.807, 2.05) is 0 Å². The highest BCUT2D eigenvalue weighted by molar-refractivity contribution is 6.05. The Bertz CT molecular complexity index is 325. The fourth-order valence-corrected chi connectivity index (χ4v) is 1.64. The first-order valence-corrected chi connectivity index (χ1v) is 5.51. The van der Waals surface area contributed by atoms with Crippen molar-refractivity contribution in [1.29, 1.82) is 0 Å². The fraction of sp³-hybridized carbons (Fsp3) is 0.700. The van der Waals surface area contributed by atoms with Gasteiger partial charge in [-0.2, -0.15) is 0 Å². The summed E-state index contributed by atoms with van der Waals surface area (Å²) < 4.78 is 0. The lowest BCUT2D eigenvalue weighted by atomic mass is 10.2. The predicted molar refractivity (Wildman–Crippen MR) is 55.3 cm³/mol. The van der Waals surface area contributed by atoms with Crippen molar-refractivity contribution in [3.8, 4) is 0 Å². The topological polar surface area (TPSA) is 87.3 Å². The Kier molecular flexibility index (Phi) is 3.19. The molecule has 1 heterocycles. The third kappa shape index (κ3) is 2.79. The number of carbonyl (C=O) groups is 3. The van der Waals surface area contributed by atoms with Gasteiger partial charge < -0.3 is 10.6 Å². The third-order valence-electron chi connectivity index (χ3n) is 2.73. The molecule has 0 aromatic rings. The molecule has 6 nitrogen and oxygen atoms in total. The summed E-state index contributed by atoms with van der Waals surface area (Å²) in [6.45, 7) is 0.997. The van der Waals surface area contributed by atoms with E-state index in [2.05, 4.69) is 16.0 Å². The van der Waals surface area contributed by atoms with Gasteiger partial charge in [0.15, 0.2) is 0 Å². The second kappa shape index (κ2) is 4.61. The minimum absolute atomic E-state index is 0.0914. The second-order valence-corrected chi connectivity index (χ2v) is 4.19. The summed E-state index contributed by atoms with van der Waals surface area (Å²) in [7, 11) is 0. The van der Waals surface area contributed by atoms with E-state index in [4.69, 9.17) is 0 Å². The molecule has 16 heavy (non-hydrogen) atoms. The lowest BCUT2D eigenvalue weighted by Gasteiger charge is -2.09.